The largest absolute Gasteiger partial charge is 0.451 e. The number of halogens is 1. The fraction of sp³-hybridized carbons (Fsp3) is 0.357. The number of aryl methyl sites for hydroxylation is 1. The van der Waals surface area contributed by atoms with Crippen molar-refractivity contribution in [3.8, 4) is 0 Å². The molecule has 2 aromatic rings. The molecule has 1 aliphatic rings. The van der Waals surface area contributed by atoms with Crippen LogP contribution < -0.4 is 10.6 Å². The minimum absolute atomic E-state index is 0. The highest BCUT2D eigenvalue weighted by atomic mass is 35.5. The quantitative estimate of drug-likeness (QED) is 0.905. The zero-order valence-corrected chi connectivity index (χ0v) is 11.5. The molecule has 3 rings (SSSR count). The number of furan rings is 1. The first-order valence-electron chi connectivity index (χ1n) is 6.23. The molecule has 1 fully saturated rings. The Hall–Kier alpha value is -1.52. The van der Waals surface area contributed by atoms with E-state index in [1.54, 1.807) is 0 Å². The third-order valence-electron chi connectivity index (χ3n) is 3.47. The van der Waals surface area contributed by atoms with E-state index in [9.17, 15) is 4.79 Å². The average molecular weight is 281 g/mol. The Bertz CT molecular complexity index is 590. The molecule has 1 aliphatic heterocycles. The smallest absolute Gasteiger partial charge is 0.287 e. The second kappa shape index (κ2) is 5.63. The molecule has 2 heterocycles. The number of benzene rings is 1. The van der Waals surface area contributed by atoms with Gasteiger partial charge in [-0.15, -0.1) is 12.4 Å². The van der Waals surface area contributed by atoms with Crippen molar-refractivity contribution in [2.24, 2.45) is 5.92 Å². The standard InChI is InChI=1S/C14H16N2O2.ClH/c1-9-11-4-2-3-5-12(11)18-13(9)14(17)16-8-10-6-15-7-10;/h2-5,10,15H,6-8H2,1H3,(H,16,17);1H. The van der Waals surface area contributed by atoms with Gasteiger partial charge in [-0.2, -0.15) is 0 Å². The van der Waals surface area contributed by atoms with E-state index in [-0.39, 0.29) is 18.3 Å². The molecule has 102 valence electrons. The fourth-order valence-corrected chi connectivity index (χ4v) is 2.20. The minimum Gasteiger partial charge on any atom is -0.451 e. The van der Waals surface area contributed by atoms with Gasteiger partial charge in [0.1, 0.15) is 5.58 Å². The molecule has 0 unspecified atom stereocenters. The van der Waals surface area contributed by atoms with Crippen LogP contribution in [0.3, 0.4) is 0 Å². The highest BCUT2D eigenvalue weighted by Crippen LogP contribution is 2.24. The normalized spacial score (nSPS) is 14.8. The van der Waals surface area contributed by atoms with Crippen molar-refractivity contribution in [2.75, 3.05) is 19.6 Å². The van der Waals surface area contributed by atoms with Crippen LogP contribution in [0, 0.1) is 12.8 Å². The first-order valence-corrected chi connectivity index (χ1v) is 6.23. The van der Waals surface area contributed by atoms with Gasteiger partial charge in [-0.05, 0) is 13.0 Å². The van der Waals surface area contributed by atoms with Gasteiger partial charge >= 0.3 is 0 Å². The Labute approximate surface area is 118 Å². The van der Waals surface area contributed by atoms with Crippen molar-refractivity contribution in [3.63, 3.8) is 0 Å². The van der Waals surface area contributed by atoms with Crippen LogP contribution in [-0.2, 0) is 0 Å². The fourth-order valence-electron chi connectivity index (χ4n) is 2.20. The second-order valence-corrected chi connectivity index (χ2v) is 4.79. The molecule has 1 aromatic heterocycles. The van der Waals surface area contributed by atoms with Gasteiger partial charge in [0.05, 0.1) is 0 Å². The Morgan fingerprint density at radius 1 is 1.42 bits per heavy atom. The van der Waals surface area contributed by atoms with Crippen molar-refractivity contribution in [1.29, 1.82) is 0 Å². The maximum absolute atomic E-state index is 12.1. The summed E-state index contributed by atoms with van der Waals surface area (Å²) < 4.78 is 5.62. The molecule has 1 amide bonds. The molecule has 5 heteroatoms. The Balaban J connectivity index is 0.00000133. The summed E-state index contributed by atoms with van der Waals surface area (Å²) in [6.07, 6.45) is 0. The summed E-state index contributed by atoms with van der Waals surface area (Å²) in [5.41, 5.74) is 1.68. The van der Waals surface area contributed by atoms with Crippen molar-refractivity contribution in [2.45, 2.75) is 6.92 Å². The van der Waals surface area contributed by atoms with Crippen LogP contribution in [0.4, 0.5) is 0 Å². The van der Waals surface area contributed by atoms with Gasteiger partial charge in [0.25, 0.3) is 5.91 Å². The van der Waals surface area contributed by atoms with E-state index in [0.717, 1.165) is 29.6 Å². The van der Waals surface area contributed by atoms with Crippen LogP contribution in [0.5, 0.6) is 0 Å². The molecule has 0 bridgehead atoms. The van der Waals surface area contributed by atoms with Gasteiger partial charge in [0.15, 0.2) is 5.76 Å². The number of amides is 1. The van der Waals surface area contributed by atoms with Crippen molar-refractivity contribution >= 4 is 29.3 Å². The summed E-state index contributed by atoms with van der Waals surface area (Å²) in [7, 11) is 0. The zero-order chi connectivity index (χ0) is 12.5. The van der Waals surface area contributed by atoms with E-state index in [1.165, 1.54) is 0 Å². The molecule has 0 aliphatic carbocycles. The number of rotatable bonds is 3. The highest BCUT2D eigenvalue weighted by Gasteiger charge is 2.21. The molecular weight excluding hydrogens is 264 g/mol. The second-order valence-electron chi connectivity index (χ2n) is 4.79. The average Bonchev–Trinajstić information content (AvgIpc) is 2.65. The molecule has 0 atom stereocenters. The zero-order valence-electron chi connectivity index (χ0n) is 10.7. The monoisotopic (exact) mass is 280 g/mol. The van der Waals surface area contributed by atoms with E-state index in [2.05, 4.69) is 10.6 Å². The molecule has 2 N–H and O–H groups in total. The number of hydrogen-bond acceptors (Lipinski definition) is 3. The maximum Gasteiger partial charge on any atom is 0.287 e. The van der Waals surface area contributed by atoms with Gasteiger partial charge in [-0.3, -0.25) is 4.79 Å². The number of hydrogen-bond donors (Lipinski definition) is 2. The minimum atomic E-state index is -0.115. The summed E-state index contributed by atoms with van der Waals surface area (Å²) >= 11 is 0. The van der Waals surface area contributed by atoms with Crippen molar-refractivity contribution in [3.05, 3.63) is 35.6 Å². The van der Waals surface area contributed by atoms with E-state index in [4.69, 9.17) is 4.42 Å². The van der Waals surface area contributed by atoms with Crippen LogP contribution in [0.1, 0.15) is 16.1 Å². The lowest BCUT2D eigenvalue weighted by molar-refractivity contribution is 0.0915. The summed E-state index contributed by atoms with van der Waals surface area (Å²) in [4.78, 5) is 12.1. The third-order valence-corrected chi connectivity index (χ3v) is 3.47. The SMILES string of the molecule is Cc1c(C(=O)NCC2CNC2)oc2ccccc12.Cl. The van der Waals surface area contributed by atoms with Gasteiger partial charge in [-0.25, -0.2) is 0 Å². The lowest BCUT2D eigenvalue weighted by Gasteiger charge is -2.26. The molecule has 1 saturated heterocycles. The number of carbonyl (C=O) groups excluding carboxylic acids is 1. The van der Waals surface area contributed by atoms with Crippen LogP contribution in [0.25, 0.3) is 11.0 Å². The van der Waals surface area contributed by atoms with Crippen LogP contribution >= 0.6 is 12.4 Å². The van der Waals surface area contributed by atoms with E-state index >= 15 is 0 Å². The summed E-state index contributed by atoms with van der Waals surface area (Å²) in [6, 6.07) is 7.72. The molecule has 0 spiro atoms. The Kier molecular flexibility index (Phi) is 4.12. The molecule has 1 aromatic carbocycles. The van der Waals surface area contributed by atoms with Crippen molar-refractivity contribution in [1.82, 2.24) is 10.6 Å². The summed E-state index contributed by atoms with van der Waals surface area (Å²) in [5.74, 6) is 0.873. The highest BCUT2D eigenvalue weighted by molar-refractivity contribution is 5.98. The maximum atomic E-state index is 12.1. The molecular formula is C14H17ClN2O2. The molecule has 4 nitrogen and oxygen atoms in total. The molecule has 0 saturated carbocycles. The van der Waals surface area contributed by atoms with Crippen LogP contribution in [0.2, 0.25) is 0 Å². The lowest BCUT2D eigenvalue weighted by Crippen LogP contribution is -2.48. The summed E-state index contributed by atoms with van der Waals surface area (Å²) in [5, 5.41) is 7.12. The molecule has 0 radical (unpaired) electrons. The molecule has 19 heavy (non-hydrogen) atoms. The van der Waals surface area contributed by atoms with E-state index in [1.807, 2.05) is 31.2 Å². The third kappa shape index (κ3) is 2.60. The van der Waals surface area contributed by atoms with Gasteiger partial charge in [0.2, 0.25) is 0 Å². The predicted octanol–water partition coefficient (Wildman–Crippen LogP) is 2.11. The number of para-hydroxylation sites is 1. The van der Waals surface area contributed by atoms with Crippen LogP contribution in [-0.4, -0.2) is 25.5 Å². The van der Waals surface area contributed by atoms with E-state index < -0.39 is 0 Å². The van der Waals surface area contributed by atoms with Gasteiger partial charge in [0, 0.05) is 36.5 Å². The Morgan fingerprint density at radius 3 is 2.79 bits per heavy atom. The predicted molar refractivity (Wildman–Crippen MR) is 76.9 cm³/mol. The van der Waals surface area contributed by atoms with Gasteiger partial charge in [-0.1, -0.05) is 18.2 Å². The van der Waals surface area contributed by atoms with E-state index in [0.29, 0.717) is 18.2 Å². The number of carbonyl (C=O) groups is 1. The lowest BCUT2D eigenvalue weighted by atomic mass is 10.0. The first kappa shape index (κ1) is 13.9. The number of fused-ring (bicyclic) bond motifs is 1. The summed E-state index contributed by atoms with van der Waals surface area (Å²) in [6.45, 7) is 4.60. The topological polar surface area (TPSA) is 54.3 Å². The van der Waals surface area contributed by atoms with Crippen LogP contribution in [0.15, 0.2) is 28.7 Å². The van der Waals surface area contributed by atoms with Crippen molar-refractivity contribution < 1.29 is 9.21 Å². The Morgan fingerprint density at radius 2 is 2.16 bits per heavy atom. The first-order chi connectivity index (χ1) is 8.75. The van der Waals surface area contributed by atoms with Gasteiger partial charge < -0.3 is 15.1 Å². The number of nitrogens with one attached hydrogen (secondary N) is 2.